The Morgan fingerprint density at radius 2 is 1.55 bits per heavy atom. The predicted molar refractivity (Wildman–Crippen MR) is 119 cm³/mol. The highest BCUT2D eigenvalue weighted by Crippen LogP contribution is 2.19. The van der Waals surface area contributed by atoms with Crippen LogP contribution >= 0.6 is 0 Å². The first-order valence-corrected chi connectivity index (χ1v) is 9.91. The number of benzene rings is 3. The molecule has 0 aliphatic carbocycles. The topological polar surface area (TPSA) is 73.9 Å². The second kappa shape index (κ2) is 10.8. The van der Waals surface area contributed by atoms with E-state index in [0.717, 1.165) is 16.9 Å². The van der Waals surface area contributed by atoms with Gasteiger partial charge in [0, 0.05) is 6.42 Å². The van der Waals surface area contributed by atoms with Crippen molar-refractivity contribution in [3.8, 4) is 11.5 Å². The van der Waals surface area contributed by atoms with Crippen LogP contribution in [0.1, 0.15) is 27.9 Å². The molecule has 0 aliphatic rings. The van der Waals surface area contributed by atoms with E-state index in [1.165, 1.54) is 0 Å². The summed E-state index contributed by atoms with van der Waals surface area (Å²) in [6.07, 6.45) is 0.873. The molecule has 3 aromatic carbocycles. The third-order valence-electron chi connectivity index (χ3n) is 4.72. The van der Waals surface area contributed by atoms with E-state index < -0.39 is 5.97 Å². The first-order chi connectivity index (χ1) is 15.1. The molecule has 0 saturated carbocycles. The molecule has 6 nitrogen and oxygen atoms in total. The maximum Gasteiger partial charge on any atom is 0.340 e. The van der Waals surface area contributed by atoms with Crippen molar-refractivity contribution in [3.63, 3.8) is 0 Å². The zero-order valence-corrected chi connectivity index (χ0v) is 17.6. The fraction of sp³-hybridized carbons (Fsp3) is 0.200. The summed E-state index contributed by atoms with van der Waals surface area (Å²) in [5.74, 6) is 0.783. The van der Waals surface area contributed by atoms with Crippen molar-refractivity contribution in [1.82, 2.24) is 0 Å². The van der Waals surface area contributed by atoms with Crippen molar-refractivity contribution < 1.29 is 23.8 Å². The second-order valence-electron chi connectivity index (χ2n) is 6.87. The Morgan fingerprint density at radius 3 is 2.29 bits per heavy atom. The summed E-state index contributed by atoms with van der Waals surface area (Å²) in [5.41, 5.74) is 2.58. The van der Waals surface area contributed by atoms with Gasteiger partial charge < -0.3 is 19.5 Å². The largest absolute Gasteiger partial charge is 0.497 e. The van der Waals surface area contributed by atoms with E-state index in [4.69, 9.17) is 14.2 Å². The molecule has 3 aromatic rings. The third-order valence-corrected chi connectivity index (χ3v) is 4.72. The van der Waals surface area contributed by atoms with Gasteiger partial charge in [0.05, 0.1) is 25.5 Å². The van der Waals surface area contributed by atoms with Gasteiger partial charge in [-0.15, -0.1) is 0 Å². The summed E-state index contributed by atoms with van der Waals surface area (Å²) >= 11 is 0. The van der Waals surface area contributed by atoms with E-state index in [-0.39, 0.29) is 12.5 Å². The van der Waals surface area contributed by atoms with Gasteiger partial charge in [0.25, 0.3) is 0 Å². The van der Waals surface area contributed by atoms with E-state index in [2.05, 4.69) is 5.32 Å². The molecule has 0 fully saturated rings. The summed E-state index contributed by atoms with van der Waals surface area (Å²) in [6.45, 7) is 0.107. The van der Waals surface area contributed by atoms with Gasteiger partial charge in [-0.3, -0.25) is 4.79 Å². The minimum Gasteiger partial charge on any atom is -0.497 e. The molecular formula is C25H25NO5. The number of nitrogens with one attached hydrogen (secondary N) is 1. The number of methoxy groups -OCH3 is 2. The van der Waals surface area contributed by atoms with Crippen molar-refractivity contribution in [1.29, 1.82) is 0 Å². The Kier molecular flexibility index (Phi) is 7.65. The Hall–Kier alpha value is -3.80. The van der Waals surface area contributed by atoms with E-state index in [0.29, 0.717) is 29.8 Å². The van der Waals surface area contributed by atoms with Gasteiger partial charge in [-0.05, 0) is 53.9 Å². The molecule has 31 heavy (non-hydrogen) atoms. The number of carbonyl (C=O) groups is 2. The van der Waals surface area contributed by atoms with Crippen LogP contribution in [0.25, 0.3) is 0 Å². The molecule has 0 aromatic heterocycles. The number of hydrogen-bond acceptors (Lipinski definition) is 5. The number of anilines is 1. The first-order valence-electron chi connectivity index (χ1n) is 9.91. The lowest BCUT2D eigenvalue weighted by molar-refractivity contribution is -0.116. The highest BCUT2D eigenvalue weighted by molar-refractivity contribution is 6.01. The fourth-order valence-electron chi connectivity index (χ4n) is 3.02. The zero-order chi connectivity index (χ0) is 22.1. The number of amides is 1. The lowest BCUT2D eigenvalue weighted by Crippen LogP contribution is -2.16. The smallest absolute Gasteiger partial charge is 0.340 e. The van der Waals surface area contributed by atoms with Crippen LogP contribution in [-0.2, 0) is 22.6 Å². The van der Waals surface area contributed by atoms with Gasteiger partial charge in [0.1, 0.15) is 18.1 Å². The number of ether oxygens (including phenoxy) is 3. The number of para-hydroxylation sites is 1. The molecule has 6 heteroatoms. The third kappa shape index (κ3) is 6.34. The minimum absolute atomic E-state index is 0.107. The first kappa shape index (κ1) is 21.9. The Labute approximate surface area is 181 Å². The molecule has 0 heterocycles. The molecule has 1 N–H and O–H groups in total. The Morgan fingerprint density at radius 1 is 0.806 bits per heavy atom. The average molecular weight is 419 g/mol. The SMILES string of the molecule is COc1ccc(CCC(=O)Nc2ccccc2C(=O)OCc2cccc(OC)c2)cc1. The number of rotatable bonds is 9. The molecule has 0 radical (unpaired) electrons. The Bertz CT molecular complexity index is 1030. The summed E-state index contributed by atoms with van der Waals surface area (Å²) in [6, 6.07) is 21.7. The summed E-state index contributed by atoms with van der Waals surface area (Å²) in [7, 11) is 3.19. The molecule has 1 amide bonds. The number of hydrogen-bond donors (Lipinski definition) is 1. The zero-order valence-electron chi connectivity index (χ0n) is 17.6. The van der Waals surface area contributed by atoms with Crippen molar-refractivity contribution >= 4 is 17.6 Å². The summed E-state index contributed by atoms with van der Waals surface area (Å²) in [5, 5.41) is 2.82. The van der Waals surface area contributed by atoms with Crippen molar-refractivity contribution in [2.24, 2.45) is 0 Å². The number of carbonyl (C=O) groups excluding carboxylic acids is 2. The molecule has 0 aliphatic heterocycles. The standard InChI is InChI=1S/C25H25NO5/c1-29-20-13-10-18(11-14-20)12-15-24(27)26-23-9-4-3-8-22(23)25(28)31-17-19-6-5-7-21(16-19)30-2/h3-11,13-14,16H,12,15,17H2,1-2H3,(H,26,27). The fourth-order valence-corrected chi connectivity index (χ4v) is 3.02. The predicted octanol–water partition coefficient (Wildman–Crippen LogP) is 4.63. The van der Waals surface area contributed by atoms with E-state index in [9.17, 15) is 9.59 Å². The highest BCUT2D eigenvalue weighted by Gasteiger charge is 2.15. The van der Waals surface area contributed by atoms with Crippen molar-refractivity contribution in [2.45, 2.75) is 19.4 Å². The van der Waals surface area contributed by atoms with E-state index >= 15 is 0 Å². The van der Waals surface area contributed by atoms with Crippen LogP contribution in [-0.4, -0.2) is 26.1 Å². The maximum absolute atomic E-state index is 12.6. The average Bonchev–Trinajstić information content (AvgIpc) is 2.82. The molecule has 0 bridgehead atoms. The summed E-state index contributed by atoms with van der Waals surface area (Å²) < 4.78 is 15.8. The molecule has 0 unspecified atom stereocenters. The second-order valence-corrected chi connectivity index (χ2v) is 6.87. The van der Waals surface area contributed by atoms with Gasteiger partial charge >= 0.3 is 5.97 Å². The van der Waals surface area contributed by atoms with Crippen LogP contribution in [0.2, 0.25) is 0 Å². The van der Waals surface area contributed by atoms with Crippen LogP contribution in [0.4, 0.5) is 5.69 Å². The van der Waals surface area contributed by atoms with Crippen LogP contribution in [0.15, 0.2) is 72.8 Å². The van der Waals surface area contributed by atoms with Gasteiger partial charge in [0.2, 0.25) is 5.91 Å². The lowest BCUT2D eigenvalue weighted by Gasteiger charge is -2.11. The summed E-state index contributed by atoms with van der Waals surface area (Å²) in [4.78, 5) is 25.0. The van der Waals surface area contributed by atoms with Gasteiger partial charge in [0.15, 0.2) is 0 Å². The normalized spacial score (nSPS) is 10.3. The van der Waals surface area contributed by atoms with Gasteiger partial charge in [-0.1, -0.05) is 36.4 Å². The highest BCUT2D eigenvalue weighted by atomic mass is 16.5. The number of esters is 1. The molecule has 160 valence electrons. The monoisotopic (exact) mass is 419 g/mol. The van der Waals surface area contributed by atoms with Crippen LogP contribution < -0.4 is 14.8 Å². The van der Waals surface area contributed by atoms with Crippen molar-refractivity contribution in [3.05, 3.63) is 89.5 Å². The van der Waals surface area contributed by atoms with Crippen LogP contribution in [0, 0.1) is 0 Å². The molecule has 0 atom stereocenters. The van der Waals surface area contributed by atoms with Crippen molar-refractivity contribution in [2.75, 3.05) is 19.5 Å². The van der Waals surface area contributed by atoms with Gasteiger partial charge in [-0.2, -0.15) is 0 Å². The van der Waals surface area contributed by atoms with Crippen LogP contribution in [0.5, 0.6) is 11.5 Å². The molecular weight excluding hydrogens is 394 g/mol. The van der Waals surface area contributed by atoms with Crippen LogP contribution in [0.3, 0.4) is 0 Å². The maximum atomic E-state index is 12.6. The molecule has 0 saturated heterocycles. The minimum atomic E-state index is -0.506. The lowest BCUT2D eigenvalue weighted by atomic mass is 10.1. The molecule has 3 rings (SSSR count). The van der Waals surface area contributed by atoms with Gasteiger partial charge in [-0.25, -0.2) is 4.79 Å². The van der Waals surface area contributed by atoms with E-state index in [1.54, 1.807) is 44.6 Å². The quantitative estimate of drug-likeness (QED) is 0.512. The van der Waals surface area contributed by atoms with E-state index in [1.807, 2.05) is 42.5 Å². The number of aryl methyl sites for hydroxylation is 1. The Balaban J connectivity index is 1.58. The molecule has 0 spiro atoms.